The summed E-state index contributed by atoms with van der Waals surface area (Å²) in [4.78, 5) is 0. The lowest BCUT2D eigenvalue weighted by molar-refractivity contribution is -0.00579. The molecule has 0 aromatic carbocycles. The van der Waals surface area contributed by atoms with Crippen molar-refractivity contribution in [3.05, 3.63) is 0 Å². The predicted octanol–water partition coefficient (Wildman–Crippen LogP) is 0.433. The Morgan fingerprint density at radius 1 is 0.850 bits per heavy atom. The van der Waals surface area contributed by atoms with E-state index in [4.69, 9.17) is 24.1 Å². The van der Waals surface area contributed by atoms with Crippen LogP contribution in [0, 0.1) is 0 Å². The Morgan fingerprint density at radius 3 is 1.80 bits per heavy atom. The molecule has 0 saturated carbocycles. The van der Waals surface area contributed by atoms with E-state index in [0.717, 1.165) is 19.4 Å². The van der Waals surface area contributed by atoms with Crippen LogP contribution in [0.5, 0.6) is 0 Å². The van der Waals surface area contributed by atoms with Gasteiger partial charge >= 0.3 is 0 Å². The Labute approximate surface area is 122 Å². The lowest BCUT2D eigenvalue weighted by Gasteiger charge is -2.13. The second-order valence-electron chi connectivity index (χ2n) is 4.43. The van der Waals surface area contributed by atoms with Crippen molar-refractivity contribution in [1.29, 1.82) is 0 Å². The minimum Gasteiger partial charge on any atom is -0.395 e. The molecule has 0 radical (unpaired) electrons. The Balaban J connectivity index is 3.02. The van der Waals surface area contributed by atoms with Crippen molar-refractivity contribution in [3.8, 4) is 0 Å². The van der Waals surface area contributed by atoms with E-state index in [2.05, 4.69) is 12.2 Å². The summed E-state index contributed by atoms with van der Waals surface area (Å²) in [6.45, 7) is 6.99. The SMILES string of the molecule is CCCCOCCOCCOCCOCC(CO)NC. The molecule has 0 heterocycles. The van der Waals surface area contributed by atoms with Crippen molar-refractivity contribution in [3.63, 3.8) is 0 Å². The molecule has 2 N–H and O–H groups in total. The predicted molar refractivity (Wildman–Crippen MR) is 78.1 cm³/mol. The summed E-state index contributed by atoms with van der Waals surface area (Å²) < 4.78 is 21.4. The van der Waals surface area contributed by atoms with Gasteiger partial charge in [0.15, 0.2) is 0 Å². The molecule has 1 atom stereocenters. The number of rotatable bonds is 16. The van der Waals surface area contributed by atoms with Crippen LogP contribution in [-0.2, 0) is 18.9 Å². The van der Waals surface area contributed by atoms with E-state index in [1.165, 1.54) is 0 Å². The zero-order chi connectivity index (χ0) is 14.9. The second kappa shape index (κ2) is 16.8. The average Bonchev–Trinajstić information content (AvgIpc) is 2.48. The number of unbranched alkanes of at least 4 members (excludes halogenated alkanes) is 1. The maximum atomic E-state index is 8.92. The van der Waals surface area contributed by atoms with E-state index in [1.807, 2.05) is 0 Å². The van der Waals surface area contributed by atoms with Crippen LogP contribution in [-0.4, -0.2) is 77.7 Å². The topological polar surface area (TPSA) is 69.2 Å². The molecule has 20 heavy (non-hydrogen) atoms. The fourth-order valence-corrected chi connectivity index (χ4v) is 1.36. The lowest BCUT2D eigenvalue weighted by atomic mass is 10.3. The highest BCUT2D eigenvalue weighted by Gasteiger charge is 2.02. The first-order valence-corrected chi connectivity index (χ1v) is 7.44. The number of likely N-dealkylation sites (N-methyl/N-ethyl adjacent to an activating group) is 1. The van der Waals surface area contributed by atoms with Crippen molar-refractivity contribution >= 4 is 0 Å². The minimum atomic E-state index is -0.00829. The monoisotopic (exact) mass is 293 g/mol. The molecule has 0 aliphatic carbocycles. The van der Waals surface area contributed by atoms with Crippen LogP contribution in [0.2, 0.25) is 0 Å². The smallest absolute Gasteiger partial charge is 0.0701 e. The third-order valence-corrected chi connectivity index (χ3v) is 2.71. The van der Waals surface area contributed by atoms with E-state index in [1.54, 1.807) is 7.05 Å². The van der Waals surface area contributed by atoms with Crippen molar-refractivity contribution in [2.75, 3.05) is 66.5 Å². The van der Waals surface area contributed by atoms with E-state index in [0.29, 0.717) is 46.2 Å². The van der Waals surface area contributed by atoms with Gasteiger partial charge in [-0.25, -0.2) is 0 Å². The van der Waals surface area contributed by atoms with Gasteiger partial charge in [0.2, 0.25) is 0 Å². The quantitative estimate of drug-likeness (QED) is 0.402. The van der Waals surface area contributed by atoms with Gasteiger partial charge in [0, 0.05) is 6.61 Å². The molecule has 0 amide bonds. The van der Waals surface area contributed by atoms with E-state index in [-0.39, 0.29) is 12.6 Å². The Hall–Kier alpha value is -0.240. The largest absolute Gasteiger partial charge is 0.395 e. The zero-order valence-electron chi connectivity index (χ0n) is 12.9. The first-order chi connectivity index (χ1) is 9.85. The summed E-state index contributed by atoms with van der Waals surface area (Å²) >= 11 is 0. The van der Waals surface area contributed by atoms with Crippen LogP contribution in [0.3, 0.4) is 0 Å². The minimum absolute atomic E-state index is 0.00829. The normalized spacial score (nSPS) is 12.8. The van der Waals surface area contributed by atoms with Gasteiger partial charge in [0.05, 0.1) is 58.9 Å². The summed E-state index contributed by atoms with van der Waals surface area (Å²) in [5.41, 5.74) is 0. The number of ether oxygens (including phenoxy) is 4. The first-order valence-electron chi connectivity index (χ1n) is 7.44. The summed E-state index contributed by atoms with van der Waals surface area (Å²) in [7, 11) is 1.80. The van der Waals surface area contributed by atoms with Gasteiger partial charge in [-0.2, -0.15) is 0 Å². The maximum absolute atomic E-state index is 8.92. The molecule has 6 heteroatoms. The molecule has 0 rings (SSSR count). The number of nitrogens with one attached hydrogen (secondary N) is 1. The molecular weight excluding hydrogens is 262 g/mol. The molecule has 6 nitrogen and oxygen atoms in total. The van der Waals surface area contributed by atoms with Gasteiger partial charge in [-0.1, -0.05) is 13.3 Å². The molecule has 0 saturated heterocycles. The molecule has 0 aromatic heterocycles. The third-order valence-electron chi connectivity index (χ3n) is 2.71. The Bertz CT molecular complexity index is 179. The molecule has 0 aliphatic heterocycles. The van der Waals surface area contributed by atoms with Gasteiger partial charge in [0.1, 0.15) is 0 Å². The van der Waals surface area contributed by atoms with Gasteiger partial charge < -0.3 is 29.4 Å². The molecule has 1 unspecified atom stereocenters. The molecule has 0 spiro atoms. The summed E-state index contributed by atoms with van der Waals surface area (Å²) in [6, 6.07) is -0.00829. The first kappa shape index (κ1) is 19.8. The molecule has 0 aromatic rings. The average molecular weight is 293 g/mol. The highest BCUT2D eigenvalue weighted by molar-refractivity contribution is 4.59. The second-order valence-corrected chi connectivity index (χ2v) is 4.43. The van der Waals surface area contributed by atoms with Gasteiger partial charge in [-0.05, 0) is 13.5 Å². The van der Waals surface area contributed by atoms with Crippen LogP contribution in [0.25, 0.3) is 0 Å². The van der Waals surface area contributed by atoms with Crippen LogP contribution < -0.4 is 5.32 Å². The Kier molecular flexibility index (Phi) is 16.6. The highest BCUT2D eigenvalue weighted by Crippen LogP contribution is 1.88. The van der Waals surface area contributed by atoms with Gasteiger partial charge in [-0.3, -0.25) is 0 Å². The molecule has 0 aliphatic rings. The van der Waals surface area contributed by atoms with E-state index < -0.39 is 0 Å². The van der Waals surface area contributed by atoms with Crippen molar-refractivity contribution in [2.45, 2.75) is 25.8 Å². The molecule has 122 valence electrons. The summed E-state index contributed by atoms with van der Waals surface area (Å²) in [5.74, 6) is 0. The fraction of sp³-hybridized carbons (Fsp3) is 1.00. The van der Waals surface area contributed by atoms with Crippen molar-refractivity contribution in [1.82, 2.24) is 5.32 Å². The number of aliphatic hydroxyl groups excluding tert-OH is 1. The van der Waals surface area contributed by atoms with Crippen molar-refractivity contribution in [2.24, 2.45) is 0 Å². The highest BCUT2D eigenvalue weighted by atomic mass is 16.6. The van der Waals surface area contributed by atoms with Crippen LogP contribution in [0.15, 0.2) is 0 Å². The number of hydrogen-bond acceptors (Lipinski definition) is 6. The molecule has 0 bridgehead atoms. The van der Waals surface area contributed by atoms with Crippen molar-refractivity contribution < 1.29 is 24.1 Å². The van der Waals surface area contributed by atoms with Gasteiger partial charge in [-0.15, -0.1) is 0 Å². The zero-order valence-corrected chi connectivity index (χ0v) is 12.9. The third kappa shape index (κ3) is 14.2. The standard InChI is InChI=1S/C14H31NO5/c1-3-4-5-17-6-7-18-8-9-19-10-11-20-13-14(12-16)15-2/h14-16H,3-13H2,1-2H3. The molecule has 0 fully saturated rings. The van der Waals surface area contributed by atoms with E-state index >= 15 is 0 Å². The maximum Gasteiger partial charge on any atom is 0.0701 e. The Morgan fingerprint density at radius 2 is 1.35 bits per heavy atom. The fourth-order valence-electron chi connectivity index (χ4n) is 1.36. The van der Waals surface area contributed by atoms with Crippen LogP contribution in [0.1, 0.15) is 19.8 Å². The summed E-state index contributed by atoms with van der Waals surface area (Å²) in [6.07, 6.45) is 2.26. The summed E-state index contributed by atoms with van der Waals surface area (Å²) in [5, 5.41) is 11.9. The van der Waals surface area contributed by atoms with Crippen LogP contribution in [0.4, 0.5) is 0 Å². The molecular formula is C14H31NO5. The van der Waals surface area contributed by atoms with Gasteiger partial charge in [0.25, 0.3) is 0 Å². The lowest BCUT2D eigenvalue weighted by Crippen LogP contribution is -2.34. The number of hydrogen-bond donors (Lipinski definition) is 2. The van der Waals surface area contributed by atoms with Crippen LogP contribution >= 0.6 is 0 Å². The number of aliphatic hydroxyl groups is 1. The van der Waals surface area contributed by atoms with E-state index in [9.17, 15) is 0 Å².